The van der Waals surface area contributed by atoms with E-state index in [2.05, 4.69) is 54.5 Å². The molecule has 0 radical (unpaired) electrons. The summed E-state index contributed by atoms with van der Waals surface area (Å²) in [7, 11) is 0. The summed E-state index contributed by atoms with van der Waals surface area (Å²) in [6.45, 7) is 10.9. The van der Waals surface area contributed by atoms with E-state index in [1.54, 1.807) is 0 Å². The zero-order valence-electron chi connectivity index (χ0n) is 20.2. The lowest BCUT2D eigenvalue weighted by atomic mass is 10.1. The Bertz CT molecular complexity index is 1020. The van der Waals surface area contributed by atoms with Crippen LogP contribution in [0.3, 0.4) is 0 Å². The molecule has 4 atom stereocenters. The first kappa shape index (κ1) is 25.1. The van der Waals surface area contributed by atoms with Crippen molar-refractivity contribution in [1.29, 1.82) is 0 Å². The first-order valence-electron chi connectivity index (χ1n) is 12.2. The van der Waals surface area contributed by atoms with Gasteiger partial charge in [-0.15, -0.1) is 13.2 Å². The lowest BCUT2D eigenvalue weighted by molar-refractivity contribution is -0.0842. The Hall–Kier alpha value is -3.02. The molecule has 1 aliphatic rings. The van der Waals surface area contributed by atoms with E-state index in [4.69, 9.17) is 14.2 Å². The largest absolute Gasteiger partial charge is 0.375 e. The molecule has 0 bridgehead atoms. The van der Waals surface area contributed by atoms with Crippen LogP contribution in [0.5, 0.6) is 0 Å². The molecule has 4 nitrogen and oxygen atoms in total. The van der Waals surface area contributed by atoms with Gasteiger partial charge in [-0.3, -0.25) is 4.90 Å². The van der Waals surface area contributed by atoms with Crippen LogP contribution >= 0.6 is 0 Å². The summed E-state index contributed by atoms with van der Waals surface area (Å²) in [5, 5.41) is 0. The summed E-state index contributed by atoms with van der Waals surface area (Å²) in [5.74, 6) is 0. The third kappa shape index (κ3) is 6.77. The van der Waals surface area contributed by atoms with Gasteiger partial charge < -0.3 is 14.2 Å². The second kappa shape index (κ2) is 13.2. The topological polar surface area (TPSA) is 30.9 Å². The number of ether oxygens (including phenoxy) is 3. The quantitative estimate of drug-likeness (QED) is 0.296. The van der Waals surface area contributed by atoms with E-state index in [0.717, 1.165) is 16.7 Å². The van der Waals surface area contributed by atoms with E-state index < -0.39 is 0 Å². The van der Waals surface area contributed by atoms with E-state index in [1.165, 1.54) is 0 Å². The molecule has 0 aromatic heterocycles. The van der Waals surface area contributed by atoms with Crippen LogP contribution in [0, 0.1) is 0 Å². The van der Waals surface area contributed by atoms with Crippen molar-refractivity contribution in [1.82, 2.24) is 4.90 Å². The fourth-order valence-electron chi connectivity index (χ4n) is 4.68. The van der Waals surface area contributed by atoms with Gasteiger partial charge in [0, 0.05) is 6.54 Å². The Kier molecular flexibility index (Phi) is 9.44. The maximum Gasteiger partial charge on any atom is 0.105 e. The Labute approximate surface area is 209 Å². The second-order valence-corrected chi connectivity index (χ2v) is 8.80. The van der Waals surface area contributed by atoms with E-state index in [9.17, 15) is 0 Å². The van der Waals surface area contributed by atoms with Crippen LogP contribution in [-0.2, 0) is 34.0 Å². The smallest absolute Gasteiger partial charge is 0.105 e. The Morgan fingerprint density at radius 2 is 1.14 bits per heavy atom. The number of hydrogen-bond donors (Lipinski definition) is 0. The van der Waals surface area contributed by atoms with Gasteiger partial charge in [-0.1, -0.05) is 103 Å². The summed E-state index contributed by atoms with van der Waals surface area (Å²) in [6, 6.07) is 30.7. The number of nitrogens with zero attached hydrogens (tertiary/aromatic N) is 1. The fraction of sp³-hybridized carbons (Fsp3) is 0.290. The van der Waals surface area contributed by atoms with Crippen LogP contribution in [0.4, 0.5) is 0 Å². The molecule has 3 aromatic carbocycles. The maximum atomic E-state index is 6.59. The molecule has 1 aliphatic heterocycles. The van der Waals surface area contributed by atoms with Crippen LogP contribution in [-0.4, -0.2) is 42.3 Å². The van der Waals surface area contributed by atoms with Crippen molar-refractivity contribution in [3.8, 4) is 0 Å². The van der Waals surface area contributed by atoms with Gasteiger partial charge in [0.05, 0.1) is 38.5 Å². The molecule has 35 heavy (non-hydrogen) atoms. The minimum Gasteiger partial charge on any atom is -0.375 e. The summed E-state index contributed by atoms with van der Waals surface area (Å²) >= 11 is 0. The molecule has 0 spiro atoms. The van der Waals surface area contributed by atoms with Crippen molar-refractivity contribution < 1.29 is 14.2 Å². The molecule has 4 heteroatoms. The standard InChI is InChI=1S/C31H35NO3/c1-3-20-32-28(4-2)30(34-22-26-16-10-6-11-17-26)31(35-23-27-18-12-7-13-19-27)29(32)24-33-21-25-14-8-5-9-15-25/h3-19,28-31H,1-2,20-24H2/t28-,29-,30-,31-/m1/s1. The number of benzene rings is 3. The lowest BCUT2D eigenvalue weighted by Crippen LogP contribution is -2.42. The Morgan fingerprint density at radius 3 is 1.63 bits per heavy atom. The van der Waals surface area contributed by atoms with Gasteiger partial charge in [0.1, 0.15) is 12.2 Å². The number of likely N-dealkylation sites (tertiary alicyclic amines) is 1. The van der Waals surface area contributed by atoms with Gasteiger partial charge in [-0.05, 0) is 16.7 Å². The lowest BCUT2D eigenvalue weighted by Gasteiger charge is -2.28. The molecule has 4 rings (SSSR count). The Balaban J connectivity index is 1.53. The van der Waals surface area contributed by atoms with Crippen molar-refractivity contribution >= 4 is 0 Å². The fourth-order valence-corrected chi connectivity index (χ4v) is 4.68. The summed E-state index contributed by atoms with van der Waals surface area (Å²) in [4.78, 5) is 2.34. The molecule has 1 saturated heterocycles. The molecule has 3 aromatic rings. The van der Waals surface area contributed by atoms with E-state index in [1.807, 2.05) is 66.7 Å². The van der Waals surface area contributed by atoms with Gasteiger partial charge in [0.25, 0.3) is 0 Å². The first-order valence-corrected chi connectivity index (χ1v) is 12.2. The molecule has 0 saturated carbocycles. The Morgan fingerprint density at radius 1 is 0.657 bits per heavy atom. The highest BCUT2D eigenvalue weighted by atomic mass is 16.5. The van der Waals surface area contributed by atoms with Crippen molar-refractivity contribution in [2.24, 2.45) is 0 Å². The zero-order valence-corrected chi connectivity index (χ0v) is 20.2. The van der Waals surface area contributed by atoms with Crippen molar-refractivity contribution in [3.05, 3.63) is 133 Å². The average molecular weight is 470 g/mol. The number of rotatable bonds is 13. The zero-order chi connectivity index (χ0) is 24.3. The minimum atomic E-state index is -0.183. The second-order valence-electron chi connectivity index (χ2n) is 8.80. The molecule has 0 aliphatic carbocycles. The third-order valence-electron chi connectivity index (χ3n) is 6.40. The van der Waals surface area contributed by atoms with Gasteiger partial charge >= 0.3 is 0 Å². The first-order chi connectivity index (χ1) is 17.3. The molecule has 0 unspecified atom stereocenters. The summed E-state index contributed by atoms with van der Waals surface area (Å²) < 4.78 is 19.3. The highest BCUT2D eigenvalue weighted by molar-refractivity contribution is 5.17. The highest BCUT2D eigenvalue weighted by Gasteiger charge is 2.49. The van der Waals surface area contributed by atoms with Gasteiger partial charge in [0.15, 0.2) is 0 Å². The molecule has 1 heterocycles. The molecule has 0 N–H and O–H groups in total. The van der Waals surface area contributed by atoms with Crippen LogP contribution in [0.25, 0.3) is 0 Å². The highest BCUT2D eigenvalue weighted by Crippen LogP contribution is 2.32. The van der Waals surface area contributed by atoms with Gasteiger partial charge in [-0.2, -0.15) is 0 Å². The predicted octanol–water partition coefficient (Wildman–Crippen LogP) is 5.80. The van der Waals surface area contributed by atoms with Crippen LogP contribution in [0.2, 0.25) is 0 Å². The SMILES string of the molecule is C=CCN1[C@H](C=C)[C@@H](OCc2ccccc2)[C@H](OCc2ccccc2)[C@H]1COCc1ccccc1. The molecule has 1 fully saturated rings. The third-order valence-corrected chi connectivity index (χ3v) is 6.40. The molecule has 0 amide bonds. The predicted molar refractivity (Wildman–Crippen MR) is 141 cm³/mol. The van der Waals surface area contributed by atoms with Crippen molar-refractivity contribution in [2.75, 3.05) is 13.2 Å². The minimum absolute atomic E-state index is 0.00389. The van der Waals surface area contributed by atoms with Crippen LogP contribution in [0.15, 0.2) is 116 Å². The summed E-state index contributed by atoms with van der Waals surface area (Å²) in [6.07, 6.45) is 3.53. The monoisotopic (exact) mass is 469 g/mol. The van der Waals surface area contributed by atoms with E-state index in [0.29, 0.717) is 33.0 Å². The van der Waals surface area contributed by atoms with E-state index in [-0.39, 0.29) is 24.3 Å². The maximum absolute atomic E-state index is 6.59. The average Bonchev–Trinajstić information content (AvgIpc) is 3.19. The van der Waals surface area contributed by atoms with Crippen molar-refractivity contribution in [2.45, 2.75) is 44.1 Å². The van der Waals surface area contributed by atoms with E-state index >= 15 is 0 Å². The van der Waals surface area contributed by atoms with Gasteiger partial charge in [-0.25, -0.2) is 0 Å². The van der Waals surface area contributed by atoms with Crippen LogP contribution < -0.4 is 0 Å². The van der Waals surface area contributed by atoms with Crippen molar-refractivity contribution in [3.63, 3.8) is 0 Å². The number of hydrogen-bond acceptors (Lipinski definition) is 4. The summed E-state index contributed by atoms with van der Waals surface area (Å²) in [5.41, 5.74) is 3.42. The molecular weight excluding hydrogens is 434 g/mol. The molecule has 182 valence electrons. The molecular formula is C31H35NO3. The normalized spacial score (nSPS) is 22.2. The van der Waals surface area contributed by atoms with Gasteiger partial charge in [0.2, 0.25) is 0 Å². The van der Waals surface area contributed by atoms with Crippen LogP contribution in [0.1, 0.15) is 16.7 Å².